The van der Waals surface area contributed by atoms with Crippen molar-refractivity contribution < 1.29 is 9.53 Å². The van der Waals surface area contributed by atoms with Crippen molar-refractivity contribution in [1.29, 1.82) is 0 Å². The van der Waals surface area contributed by atoms with Gasteiger partial charge >= 0.3 is 0 Å². The van der Waals surface area contributed by atoms with Gasteiger partial charge in [-0.25, -0.2) is 4.98 Å². The Bertz CT molecular complexity index is 1040. The Balaban J connectivity index is 1.49. The van der Waals surface area contributed by atoms with Crippen LogP contribution in [-0.4, -0.2) is 28.4 Å². The minimum absolute atomic E-state index is 0.0499. The van der Waals surface area contributed by atoms with Gasteiger partial charge in [-0.05, 0) is 37.1 Å². The lowest BCUT2D eigenvalue weighted by atomic mass is 9.97. The zero-order valence-electron chi connectivity index (χ0n) is 14.4. The molecule has 3 aromatic rings. The molecule has 1 atom stereocenters. The van der Waals surface area contributed by atoms with Crippen LogP contribution in [0.1, 0.15) is 21.6 Å². The van der Waals surface area contributed by atoms with E-state index in [1.807, 2.05) is 43.3 Å². The first-order chi connectivity index (χ1) is 12.6. The fourth-order valence-electron chi connectivity index (χ4n) is 3.28. The number of aromatic nitrogens is 2. The van der Waals surface area contributed by atoms with Crippen molar-refractivity contribution in [2.45, 2.75) is 13.3 Å². The molecule has 1 N–H and O–H groups in total. The number of nitrogens with zero attached hydrogens (tertiary/aromatic N) is 2. The van der Waals surface area contributed by atoms with Gasteiger partial charge in [0.05, 0.1) is 6.61 Å². The fourth-order valence-corrected chi connectivity index (χ4v) is 3.28. The third-order valence-corrected chi connectivity index (χ3v) is 4.68. The third-order valence-electron chi connectivity index (χ3n) is 4.68. The Morgan fingerprint density at radius 2 is 2.12 bits per heavy atom. The number of rotatable bonds is 3. The van der Waals surface area contributed by atoms with Crippen LogP contribution >= 0.6 is 0 Å². The van der Waals surface area contributed by atoms with Crippen molar-refractivity contribution in [1.82, 2.24) is 14.7 Å². The van der Waals surface area contributed by atoms with Crippen LogP contribution in [0.25, 0.3) is 5.65 Å². The molecule has 1 amide bonds. The summed E-state index contributed by atoms with van der Waals surface area (Å²) in [4.78, 5) is 29.4. The predicted octanol–water partition coefficient (Wildman–Crippen LogP) is 1.98. The average Bonchev–Trinajstić information content (AvgIpc) is 2.66. The first kappa shape index (κ1) is 16.3. The highest BCUT2D eigenvalue weighted by Crippen LogP contribution is 2.26. The van der Waals surface area contributed by atoms with Crippen molar-refractivity contribution in [2.24, 2.45) is 5.92 Å². The molecule has 6 heteroatoms. The van der Waals surface area contributed by atoms with Crippen LogP contribution in [0.3, 0.4) is 0 Å². The van der Waals surface area contributed by atoms with Crippen LogP contribution in [-0.2, 0) is 6.42 Å². The molecule has 1 aliphatic heterocycles. The van der Waals surface area contributed by atoms with E-state index in [-0.39, 0.29) is 17.0 Å². The molecule has 2 aromatic heterocycles. The monoisotopic (exact) mass is 349 g/mol. The lowest BCUT2D eigenvalue weighted by Gasteiger charge is -2.25. The van der Waals surface area contributed by atoms with Crippen LogP contribution in [0.2, 0.25) is 0 Å². The van der Waals surface area contributed by atoms with Gasteiger partial charge in [0.15, 0.2) is 0 Å². The van der Waals surface area contributed by atoms with E-state index in [1.165, 1.54) is 10.6 Å². The number of ether oxygens (including phenoxy) is 1. The molecule has 0 spiro atoms. The topological polar surface area (TPSA) is 72.7 Å². The second-order valence-corrected chi connectivity index (χ2v) is 6.54. The largest absolute Gasteiger partial charge is 0.493 e. The number of carbonyl (C=O) groups excluding carboxylic acids is 1. The maximum absolute atomic E-state index is 12.6. The molecule has 3 heterocycles. The Morgan fingerprint density at radius 3 is 3.00 bits per heavy atom. The molecule has 132 valence electrons. The van der Waals surface area contributed by atoms with Gasteiger partial charge in [-0.1, -0.05) is 24.3 Å². The average molecular weight is 349 g/mol. The van der Waals surface area contributed by atoms with Gasteiger partial charge < -0.3 is 10.1 Å². The minimum Gasteiger partial charge on any atom is -0.493 e. The highest BCUT2D eigenvalue weighted by Gasteiger charge is 2.21. The van der Waals surface area contributed by atoms with Gasteiger partial charge in [-0.3, -0.25) is 14.0 Å². The van der Waals surface area contributed by atoms with Gasteiger partial charge in [0, 0.05) is 24.4 Å². The predicted molar refractivity (Wildman–Crippen MR) is 97.7 cm³/mol. The summed E-state index contributed by atoms with van der Waals surface area (Å²) in [7, 11) is 0. The molecule has 1 aromatic carbocycles. The molecule has 0 saturated carbocycles. The van der Waals surface area contributed by atoms with Crippen molar-refractivity contribution >= 4 is 11.6 Å². The number of aryl methyl sites for hydroxylation is 1. The Labute approximate surface area is 150 Å². The maximum Gasteiger partial charge on any atom is 0.270 e. The van der Waals surface area contributed by atoms with Crippen molar-refractivity contribution in [3.63, 3.8) is 0 Å². The molecule has 6 nitrogen and oxygen atoms in total. The second kappa shape index (κ2) is 6.63. The molecular weight excluding hydrogens is 330 g/mol. The summed E-state index contributed by atoms with van der Waals surface area (Å²) in [6.07, 6.45) is 2.18. The van der Waals surface area contributed by atoms with Crippen molar-refractivity contribution in [2.75, 3.05) is 13.2 Å². The van der Waals surface area contributed by atoms with E-state index >= 15 is 0 Å². The highest BCUT2D eigenvalue weighted by atomic mass is 16.5. The van der Waals surface area contributed by atoms with Gasteiger partial charge in [0.1, 0.15) is 17.0 Å². The number of nitrogens with one attached hydrogen (secondary N) is 1. The van der Waals surface area contributed by atoms with Crippen LogP contribution in [0, 0.1) is 12.8 Å². The molecule has 0 saturated heterocycles. The number of carbonyl (C=O) groups is 1. The molecule has 0 radical (unpaired) electrons. The first-order valence-corrected chi connectivity index (χ1v) is 8.60. The van der Waals surface area contributed by atoms with Crippen LogP contribution in [0.5, 0.6) is 5.75 Å². The zero-order chi connectivity index (χ0) is 18.1. The molecule has 26 heavy (non-hydrogen) atoms. The summed E-state index contributed by atoms with van der Waals surface area (Å²) < 4.78 is 7.19. The number of amides is 1. The van der Waals surface area contributed by atoms with Crippen molar-refractivity contribution in [3.05, 3.63) is 75.8 Å². The van der Waals surface area contributed by atoms with Crippen LogP contribution in [0.4, 0.5) is 0 Å². The molecule has 0 bridgehead atoms. The van der Waals surface area contributed by atoms with Crippen LogP contribution in [0.15, 0.2) is 53.5 Å². The number of fused-ring (bicyclic) bond motifs is 2. The fraction of sp³-hybridized carbons (Fsp3) is 0.250. The first-order valence-electron chi connectivity index (χ1n) is 8.60. The smallest absolute Gasteiger partial charge is 0.270 e. The third kappa shape index (κ3) is 2.94. The Kier molecular flexibility index (Phi) is 4.16. The number of para-hydroxylation sites is 1. The molecule has 0 unspecified atom stereocenters. The summed E-state index contributed by atoms with van der Waals surface area (Å²) in [6, 6.07) is 13.3. The number of hydrogen-bond donors (Lipinski definition) is 1. The van der Waals surface area contributed by atoms with E-state index in [9.17, 15) is 9.59 Å². The van der Waals surface area contributed by atoms with E-state index in [0.29, 0.717) is 18.8 Å². The van der Waals surface area contributed by atoms with Gasteiger partial charge in [0.25, 0.3) is 11.5 Å². The Morgan fingerprint density at radius 1 is 1.27 bits per heavy atom. The lowest BCUT2D eigenvalue weighted by Crippen LogP contribution is -2.37. The SMILES string of the molecule is Cc1cccc2ncc(C(=O)NC[C@H]3COc4ccccc4C3)c(=O)n12. The standard InChI is InChI=1S/C20H19N3O3/c1-13-5-4-8-18-21-11-16(20(25)23(13)18)19(24)22-10-14-9-15-6-2-3-7-17(15)26-12-14/h2-8,11,14H,9-10,12H2,1H3,(H,22,24)/t14-/m0/s1. The molecule has 1 aliphatic rings. The maximum atomic E-state index is 12.6. The van der Waals surface area contributed by atoms with Gasteiger partial charge in [-0.15, -0.1) is 0 Å². The van der Waals surface area contributed by atoms with Crippen molar-refractivity contribution in [3.8, 4) is 5.75 Å². The van der Waals surface area contributed by atoms with E-state index in [4.69, 9.17) is 4.74 Å². The van der Waals surface area contributed by atoms with E-state index < -0.39 is 5.91 Å². The van der Waals surface area contributed by atoms with Gasteiger partial charge in [0.2, 0.25) is 0 Å². The number of pyridine rings is 1. The minimum atomic E-state index is -0.404. The summed E-state index contributed by atoms with van der Waals surface area (Å²) in [5.74, 6) is 0.674. The van der Waals surface area contributed by atoms with E-state index in [0.717, 1.165) is 23.4 Å². The van der Waals surface area contributed by atoms with Crippen LogP contribution < -0.4 is 15.6 Å². The lowest BCUT2D eigenvalue weighted by molar-refractivity contribution is 0.0937. The molecule has 4 rings (SSSR count). The summed E-state index contributed by atoms with van der Waals surface area (Å²) >= 11 is 0. The van der Waals surface area contributed by atoms with E-state index in [1.54, 1.807) is 6.07 Å². The Hall–Kier alpha value is -3.15. The van der Waals surface area contributed by atoms with Gasteiger partial charge in [-0.2, -0.15) is 0 Å². The quantitative estimate of drug-likeness (QED) is 0.785. The summed E-state index contributed by atoms with van der Waals surface area (Å²) in [6.45, 7) is 2.81. The summed E-state index contributed by atoms with van der Waals surface area (Å²) in [5, 5.41) is 2.85. The molecule has 0 aliphatic carbocycles. The van der Waals surface area contributed by atoms with E-state index in [2.05, 4.69) is 10.3 Å². The highest BCUT2D eigenvalue weighted by molar-refractivity contribution is 5.93. The zero-order valence-corrected chi connectivity index (χ0v) is 14.4. The number of hydrogen-bond acceptors (Lipinski definition) is 4. The second-order valence-electron chi connectivity index (χ2n) is 6.54. The number of benzene rings is 1. The molecule has 0 fully saturated rings. The molecular formula is C20H19N3O3. The normalized spacial score (nSPS) is 16.0. The summed E-state index contributed by atoms with van der Waals surface area (Å²) in [5.41, 5.74) is 2.11.